The third kappa shape index (κ3) is 21.5. The Balaban J connectivity index is 1.53. The molecule has 15 N–H and O–H groups in total. The minimum Gasteiger partial charge on any atom is -0.481 e. The zero-order valence-electron chi connectivity index (χ0n) is 44.8. The molecule has 3 aromatic carbocycles. The number of nitrogens with two attached hydrogens (primary N) is 1. The molecule has 31 heteroatoms. The Bertz CT molecular complexity index is 3100. The van der Waals surface area contributed by atoms with Crippen LogP contribution in [-0.4, -0.2) is 179 Å². The molecule has 8 atom stereocenters. The molecule has 448 valence electrons. The second-order valence-electron chi connectivity index (χ2n) is 18.9. The minimum absolute atomic E-state index is 0.0707. The second kappa shape index (κ2) is 31.8. The van der Waals surface area contributed by atoms with Crippen LogP contribution in [0.25, 0.3) is 10.9 Å². The van der Waals surface area contributed by atoms with Crippen LogP contribution in [-0.2, 0) is 82.4 Å². The van der Waals surface area contributed by atoms with Crippen LogP contribution in [0.1, 0.15) is 42.4 Å². The molecular weight excluding hydrogens is 1150 g/mol. The smallest absolute Gasteiger partial charge is 0.446 e. The molecule has 0 unspecified atom stereocenters. The average Bonchev–Trinajstić information content (AvgIpc) is 4.15. The fourth-order valence-corrected chi connectivity index (χ4v) is 9.70. The second-order valence-corrected chi connectivity index (χ2v) is 21.9. The number of aromatic nitrogens is 1. The highest BCUT2D eigenvalue weighted by molar-refractivity contribution is 7.98. The van der Waals surface area contributed by atoms with Crippen LogP contribution in [0.3, 0.4) is 0 Å². The van der Waals surface area contributed by atoms with Gasteiger partial charge >= 0.3 is 22.3 Å². The Kier molecular flexibility index (Phi) is 25.1. The zero-order chi connectivity index (χ0) is 60.8. The summed E-state index contributed by atoms with van der Waals surface area (Å²) in [6.07, 6.45) is 2.20. The molecule has 83 heavy (non-hydrogen) atoms. The molecule has 0 saturated carbocycles. The van der Waals surface area contributed by atoms with Crippen molar-refractivity contribution in [2.75, 3.05) is 37.1 Å². The lowest BCUT2D eigenvalue weighted by Gasteiger charge is -2.28. The average molecular weight is 1210 g/mol. The van der Waals surface area contributed by atoms with E-state index in [1.165, 1.54) is 35.7 Å². The molecule has 0 bridgehead atoms. The molecular formula is C52H65N11O17S3. The summed E-state index contributed by atoms with van der Waals surface area (Å²) in [6, 6.07) is 7.27. The summed E-state index contributed by atoms with van der Waals surface area (Å²) in [7, 11) is -4.92. The minimum atomic E-state index is -4.92. The predicted octanol–water partition coefficient (Wildman–Crippen LogP) is -2.20. The fraction of sp³-hybridized carbons (Fsp3) is 0.404. The lowest BCUT2D eigenvalue weighted by atomic mass is 10.0. The number of H-pyrrole nitrogens is 1. The summed E-state index contributed by atoms with van der Waals surface area (Å²) in [5, 5.41) is 42.3. The molecule has 1 fully saturated rings. The Morgan fingerprint density at radius 1 is 0.675 bits per heavy atom. The highest BCUT2D eigenvalue weighted by atomic mass is 32.3. The number of aromatic amines is 1. The zero-order valence-corrected chi connectivity index (χ0v) is 47.3. The van der Waals surface area contributed by atoms with E-state index in [2.05, 4.69) is 57.0 Å². The first-order valence-corrected chi connectivity index (χ1v) is 29.8. The number of nitrogens with one attached hydrogen (secondary N) is 10. The van der Waals surface area contributed by atoms with Crippen molar-refractivity contribution >= 4 is 110 Å². The lowest BCUT2D eigenvalue weighted by molar-refractivity contribution is -0.141. The van der Waals surface area contributed by atoms with Gasteiger partial charge in [0, 0.05) is 42.9 Å². The van der Waals surface area contributed by atoms with Crippen LogP contribution in [0.4, 0.5) is 0 Å². The van der Waals surface area contributed by atoms with Crippen molar-refractivity contribution in [3.8, 4) is 5.75 Å². The number of hydrogen-bond acceptors (Lipinski definition) is 17. The third-order valence-electron chi connectivity index (χ3n) is 12.6. The molecule has 1 aromatic heterocycles. The molecule has 1 aliphatic heterocycles. The van der Waals surface area contributed by atoms with E-state index in [0.717, 1.165) is 12.1 Å². The molecule has 0 aliphatic carbocycles. The molecule has 2 heterocycles. The van der Waals surface area contributed by atoms with Gasteiger partial charge in [-0.25, -0.2) is 0 Å². The first kappa shape index (κ1) is 65.5. The van der Waals surface area contributed by atoms with E-state index in [0.29, 0.717) is 22.0 Å². The normalized spacial score (nSPS) is 19.7. The van der Waals surface area contributed by atoms with Gasteiger partial charge in [-0.15, -0.1) is 0 Å². The SMILES string of the molecule is CSCC[C@@H]1NC(=O)[C@H](Cc2c[nH]c3ccccc23)NC(=O)[C@@H](NC(=O)[C@H](CCSC)NC(=O)[C@H](Cc2ccc(OS(=O)(=O)O)cc2)NC(=O)[C@@H](N)CC(=O)O)CNC(=O)CNC(=O)[C@H](Cc2ccccc2)NC(=O)[C@H](CC(=O)O)NC1=O. The molecule has 1 aliphatic rings. The number of carbonyl (C=O) groups is 11. The Labute approximate surface area is 484 Å². The number of thioether (sulfide) groups is 2. The topological polar surface area (TPSA) is 442 Å². The van der Waals surface area contributed by atoms with E-state index in [4.69, 9.17) is 10.3 Å². The Morgan fingerprint density at radius 3 is 1.94 bits per heavy atom. The number of benzene rings is 3. The number of amides is 9. The van der Waals surface area contributed by atoms with Gasteiger partial charge < -0.3 is 73.0 Å². The van der Waals surface area contributed by atoms with Gasteiger partial charge in [0.1, 0.15) is 48.0 Å². The number of hydrogen-bond donors (Lipinski definition) is 14. The summed E-state index contributed by atoms with van der Waals surface area (Å²) in [5.41, 5.74) is 7.77. The van der Waals surface area contributed by atoms with Gasteiger partial charge in [0.05, 0.1) is 25.4 Å². The van der Waals surface area contributed by atoms with Crippen LogP contribution >= 0.6 is 23.5 Å². The molecule has 0 spiro atoms. The van der Waals surface area contributed by atoms with Crippen molar-refractivity contribution in [2.45, 2.75) is 93.3 Å². The van der Waals surface area contributed by atoms with Crippen molar-refractivity contribution in [2.24, 2.45) is 5.73 Å². The largest absolute Gasteiger partial charge is 0.481 e. The van der Waals surface area contributed by atoms with Crippen LogP contribution in [0.2, 0.25) is 0 Å². The van der Waals surface area contributed by atoms with Crippen LogP contribution < -0.4 is 57.8 Å². The number of carboxylic acids is 2. The maximum atomic E-state index is 14.8. The van der Waals surface area contributed by atoms with Crippen LogP contribution in [0.5, 0.6) is 5.75 Å². The van der Waals surface area contributed by atoms with Gasteiger partial charge in [-0.2, -0.15) is 31.9 Å². The molecule has 5 rings (SSSR count). The van der Waals surface area contributed by atoms with E-state index in [1.807, 2.05) is 0 Å². The van der Waals surface area contributed by atoms with E-state index in [-0.39, 0.29) is 54.9 Å². The number of carbonyl (C=O) groups excluding carboxylic acids is 9. The predicted molar refractivity (Wildman–Crippen MR) is 302 cm³/mol. The standard InChI is InChI=1S/C52H65N11O17S3/c1-81-18-16-35-47(71)62-40(24-44(67)68)51(75)60-37(20-28-8-4-3-5-9-28)46(70)56-27-42(64)55-26-41(52(76)61-39(50(74)58-35)22-30-25-54-34-11-7-6-10-32(30)34)63-48(72)36(17-19-82-2)57-49(73)38(59-45(69)33(53)23-43(65)66)21-29-12-14-31(15-13-29)80-83(77,78)79/h3-15,25,33,35-41,54H,16-24,26-27,53H2,1-2H3,(H,55,64)(H,56,70)(H,57,73)(H,58,74)(H,59,69)(H,60,75)(H,61,76)(H,62,71)(H,63,72)(H,65,66)(H,67,68)(H,77,78,79)/t33-,35-,36-,37-,38-,39-,40-,41-/m0/s1. The van der Waals surface area contributed by atoms with Gasteiger partial charge in [-0.05, 0) is 71.7 Å². The molecule has 1 saturated heterocycles. The van der Waals surface area contributed by atoms with Crippen molar-refractivity contribution in [3.63, 3.8) is 0 Å². The summed E-state index contributed by atoms with van der Waals surface area (Å²) >= 11 is 2.55. The quantitative estimate of drug-likeness (QED) is 0.0331. The van der Waals surface area contributed by atoms with Gasteiger partial charge in [0.15, 0.2) is 0 Å². The lowest BCUT2D eigenvalue weighted by Crippen LogP contribution is -2.62. The van der Waals surface area contributed by atoms with E-state index in [1.54, 1.807) is 73.3 Å². The summed E-state index contributed by atoms with van der Waals surface area (Å²) in [5.74, 6) is -11.9. The Morgan fingerprint density at radius 2 is 1.28 bits per heavy atom. The van der Waals surface area contributed by atoms with Crippen molar-refractivity contribution in [1.29, 1.82) is 0 Å². The summed E-state index contributed by atoms with van der Waals surface area (Å²) in [6.45, 7) is -1.51. The van der Waals surface area contributed by atoms with Gasteiger partial charge in [-0.1, -0.05) is 60.7 Å². The molecule has 0 radical (unpaired) electrons. The first-order chi connectivity index (χ1) is 39.4. The van der Waals surface area contributed by atoms with Crippen molar-refractivity contribution in [1.82, 2.24) is 52.8 Å². The maximum Gasteiger partial charge on any atom is 0.446 e. The van der Waals surface area contributed by atoms with Crippen molar-refractivity contribution in [3.05, 3.63) is 102 Å². The monoisotopic (exact) mass is 1210 g/mol. The molecule has 28 nitrogen and oxygen atoms in total. The van der Waals surface area contributed by atoms with Gasteiger partial charge in [0.2, 0.25) is 53.2 Å². The van der Waals surface area contributed by atoms with Crippen molar-refractivity contribution < 1.29 is 80.1 Å². The number of carboxylic acid groups (broad SMARTS) is 2. The first-order valence-electron chi connectivity index (χ1n) is 25.6. The molecule has 4 aromatic rings. The number of aliphatic carboxylic acids is 2. The third-order valence-corrected chi connectivity index (χ3v) is 14.3. The molecule has 9 amide bonds. The van der Waals surface area contributed by atoms with E-state index in [9.17, 15) is 71.4 Å². The number of rotatable bonds is 24. The van der Waals surface area contributed by atoms with Gasteiger partial charge in [0.25, 0.3) is 0 Å². The summed E-state index contributed by atoms with van der Waals surface area (Å²) in [4.78, 5) is 154. The maximum absolute atomic E-state index is 14.8. The highest BCUT2D eigenvalue weighted by Gasteiger charge is 2.36. The van der Waals surface area contributed by atoms with Gasteiger partial charge in [-0.3, -0.25) is 57.3 Å². The summed E-state index contributed by atoms with van der Waals surface area (Å²) < 4.78 is 36.1. The number of para-hydroxylation sites is 1. The van der Waals surface area contributed by atoms with Crippen LogP contribution in [0.15, 0.2) is 85.1 Å². The van der Waals surface area contributed by atoms with E-state index < -0.39 is 150 Å². The number of fused-ring (bicyclic) bond motifs is 1. The van der Waals surface area contributed by atoms with E-state index >= 15 is 0 Å². The van der Waals surface area contributed by atoms with Crippen LogP contribution in [0, 0.1) is 0 Å². The fourth-order valence-electron chi connectivity index (χ4n) is 8.40. The highest BCUT2D eigenvalue weighted by Crippen LogP contribution is 2.20. The Hall–Kier alpha value is -8.26.